The van der Waals surface area contributed by atoms with Crippen molar-refractivity contribution in [2.45, 2.75) is 31.1 Å². The Hall–Kier alpha value is -0.410. The van der Waals surface area contributed by atoms with Crippen molar-refractivity contribution in [3.8, 4) is 0 Å². The third kappa shape index (κ3) is 1.95. The molecule has 1 aliphatic carbocycles. The van der Waals surface area contributed by atoms with Crippen LogP contribution in [-0.2, 0) is 5.41 Å². The normalized spacial score (nSPS) is 18.6. The molecule has 1 aromatic carbocycles. The maximum Gasteiger partial charge on any atom is 0.137 e. The largest absolute Gasteiger partial charge is 0.330 e. The molecule has 0 radical (unpaired) electrons. The van der Waals surface area contributed by atoms with Gasteiger partial charge in [0.1, 0.15) is 5.82 Å². The molecule has 2 N–H and O–H groups in total. The van der Waals surface area contributed by atoms with Gasteiger partial charge in [-0.25, -0.2) is 4.39 Å². The highest BCUT2D eigenvalue weighted by Gasteiger charge is 2.37. The lowest BCUT2D eigenvalue weighted by Crippen LogP contribution is -2.36. The average molecular weight is 272 g/mol. The van der Waals surface area contributed by atoms with E-state index in [1.165, 1.54) is 30.9 Å². The summed E-state index contributed by atoms with van der Waals surface area (Å²) < 4.78 is 13.7. The topological polar surface area (TPSA) is 26.0 Å². The number of hydrogen-bond acceptors (Lipinski definition) is 1. The van der Waals surface area contributed by atoms with Gasteiger partial charge < -0.3 is 5.73 Å². The van der Waals surface area contributed by atoms with Crippen molar-refractivity contribution in [1.82, 2.24) is 0 Å². The first-order valence-electron chi connectivity index (χ1n) is 5.33. The molecule has 0 atom stereocenters. The Morgan fingerprint density at radius 2 is 2.13 bits per heavy atom. The van der Waals surface area contributed by atoms with Gasteiger partial charge in [-0.15, -0.1) is 0 Å². The SMILES string of the molecule is NCCC1(c2ccc(F)c(Br)c2)CCC1. The minimum absolute atomic E-state index is 0.194. The zero-order chi connectivity index (χ0) is 10.9. The Bertz CT molecular complexity index is 361. The van der Waals surface area contributed by atoms with Gasteiger partial charge in [-0.05, 0) is 64.8 Å². The summed E-state index contributed by atoms with van der Waals surface area (Å²) >= 11 is 3.24. The lowest BCUT2D eigenvalue weighted by molar-refractivity contribution is 0.229. The highest BCUT2D eigenvalue weighted by Crippen LogP contribution is 2.46. The molecule has 0 unspecified atom stereocenters. The van der Waals surface area contributed by atoms with Crippen molar-refractivity contribution >= 4 is 15.9 Å². The molecular weight excluding hydrogens is 257 g/mol. The maximum atomic E-state index is 13.1. The molecule has 0 saturated heterocycles. The van der Waals surface area contributed by atoms with Crippen LogP contribution >= 0.6 is 15.9 Å². The summed E-state index contributed by atoms with van der Waals surface area (Å²) in [4.78, 5) is 0. The number of rotatable bonds is 3. The lowest BCUT2D eigenvalue weighted by Gasteiger charge is -2.42. The van der Waals surface area contributed by atoms with Gasteiger partial charge in [0.2, 0.25) is 0 Å². The fourth-order valence-electron chi connectivity index (χ4n) is 2.39. The average Bonchev–Trinajstić information content (AvgIpc) is 2.16. The fourth-order valence-corrected chi connectivity index (χ4v) is 2.77. The third-order valence-corrected chi connectivity index (χ3v) is 4.07. The van der Waals surface area contributed by atoms with Crippen molar-refractivity contribution in [2.24, 2.45) is 5.73 Å². The van der Waals surface area contributed by atoms with Gasteiger partial charge in [-0.1, -0.05) is 12.5 Å². The number of nitrogens with two attached hydrogens (primary N) is 1. The van der Waals surface area contributed by atoms with Crippen molar-refractivity contribution in [1.29, 1.82) is 0 Å². The number of halogens is 2. The molecule has 15 heavy (non-hydrogen) atoms. The van der Waals surface area contributed by atoms with Crippen LogP contribution < -0.4 is 5.73 Å². The van der Waals surface area contributed by atoms with Gasteiger partial charge in [-0.3, -0.25) is 0 Å². The molecule has 82 valence electrons. The second-order valence-electron chi connectivity index (χ2n) is 4.30. The molecule has 1 aliphatic rings. The first-order valence-corrected chi connectivity index (χ1v) is 6.13. The van der Waals surface area contributed by atoms with Crippen molar-refractivity contribution in [2.75, 3.05) is 6.54 Å². The van der Waals surface area contributed by atoms with Crippen LogP contribution in [0.15, 0.2) is 22.7 Å². The van der Waals surface area contributed by atoms with Gasteiger partial charge in [0.25, 0.3) is 0 Å². The maximum absolute atomic E-state index is 13.1. The smallest absolute Gasteiger partial charge is 0.137 e. The number of hydrogen-bond donors (Lipinski definition) is 1. The van der Waals surface area contributed by atoms with Crippen LogP contribution in [0.1, 0.15) is 31.2 Å². The zero-order valence-corrected chi connectivity index (χ0v) is 10.2. The zero-order valence-electron chi connectivity index (χ0n) is 8.60. The van der Waals surface area contributed by atoms with E-state index in [1.807, 2.05) is 12.1 Å². The number of benzene rings is 1. The second kappa shape index (κ2) is 4.22. The van der Waals surface area contributed by atoms with Crippen molar-refractivity contribution in [3.05, 3.63) is 34.1 Å². The summed E-state index contributed by atoms with van der Waals surface area (Å²) in [6, 6.07) is 5.34. The molecule has 0 bridgehead atoms. The molecule has 0 spiro atoms. The summed E-state index contributed by atoms with van der Waals surface area (Å²) in [5.41, 5.74) is 7.10. The van der Waals surface area contributed by atoms with Gasteiger partial charge in [0.15, 0.2) is 0 Å². The molecule has 0 aliphatic heterocycles. The highest BCUT2D eigenvalue weighted by molar-refractivity contribution is 9.10. The Kier molecular flexibility index (Phi) is 3.12. The molecule has 3 heteroatoms. The summed E-state index contributed by atoms with van der Waals surface area (Å²) in [5.74, 6) is -0.194. The van der Waals surface area contributed by atoms with Crippen molar-refractivity contribution in [3.63, 3.8) is 0 Å². The molecule has 1 fully saturated rings. The van der Waals surface area contributed by atoms with E-state index in [-0.39, 0.29) is 11.2 Å². The van der Waals surface area contributed by atoms with Crippen LogP contribution in [0.2, 0.25) is 0 Å². The Labute approximate surface area is 98.0 Å². The van der Waals surface area contributed by atoms with E-state index in [0.29, 0.717) is 11.0 Å². The fraction of sp³-hybridized carbons (Fsp3) is 0.500. The van der Waals surface area contributed by atoms with E-state index in [4.69, 9.17) is 5.73 Å². The van der Waals surface area contributed by atoms with E-state index < -0.39 is 0 Å². The molecule has 1 nitrogen and oxygen atoms in total. The third-order valence-electron chi connectivity index (χ3n) is 3.47. The van der Waals surface area contributed by atoms with E-state index >= 15 is 0 Å². The van der Waals surface area contributed by atoms with E-state index in [1.54, 1.807) is 0 Å². The summed E-state index contributed by atoms with van der Waals surface area (Å²) in [5, 5.41) is 0. The van der Waals surface area contributed by atoms with Gasteiger partial charge in [0, 0.05) is 0 Å². The Morgan fingerprint density at radius 3 is 2.60 bits per heavy atom. The van der Waals surface area contributed by atoms with Crippen LogP contribution in [0.4, 0.5) is 4.39 Å². The van der Waals surface area contributed by atoms with E-state index in [0.717, 1.165) is 6.42 Å². The molecule has 0 heterocycles. The predicted octanol–water partition coefficient (Wildman–Crippen LogP) is 3.36. The summed E-state index contributed by atoms with van der Waals surface area (Å²) in [6.45, 7) is 0.703. The predicted molar refractivity (Wildman–Crippen MR) is 63.3 cm³/mol. The molecule has 1 aromatic rings. The Balaban J connectivity index is 2.30. The standard InChI is InChI=1S/C12H15BrFN/c13-10-8-9(2-3-11(10)14)12(6-7-15)4-1-5-12/h2-3,8H,1,4-7,15H2. The summed E-state index contributed by atoms with van der Waals surface area (Å²) in [7, 11) is 0. The van der Waals surface area contributed by atoms with Gasteiger partial charge in [-0.2, -0.15) is 0 Å². The first kappa shape index (κ1) is 11.1. The van der Waals surface area contributed by atoms with Crippen LogP contribution in [-0.4, -0.2) is 6.54 Å². The summed E-state index contributed by atoms with van der Waals surface area (Å²) in [6.07, 6.45) is 4.63. The second-order valence-corrected chi connectivity index (χ2v) is 5.16. The molecular formula is C12H15BrFN. The highest BCUT2D eigenvalue weighted by atomic mass is 79.9. The first-order chi connectivity index (χ1) is 7.18. The molecule has 0 amide bonds. The molecule has 2 rings (SSSR count). The Morgan fingerprint density at radius 1 is 1.40 bits per heavy atom. The van der Waals surface area contributed by atoms with Crippen LogP contribution in [0, 0.1) is 5.82 Å². The van der Waals surface area contributed by atoms with Gasteiger partial charge in [0.05, 0.1) is 4.47 Å². The van der Waals surface area contributed by atoms with E-state index in [2.05, 4.69) is 15.9 Å². The minimum Gasteiger partial charge on any atom is -0.330 e. The van der Waals surface area contributed by atoms with Crippen LogP contribution in [0.25, 0.3) is 0 Å². The quantitative estimate of drug-likeness (QED) is 0.897. The lowest BCUT2D eigenvalue weighted by atomic mass is 9.62. The van der Waals surface area contributed by atoms with Crippen molar-refractivity contribution < 1.29 is 4.39 Å². The van der Waals surface area contributed by atoms with Gasteiger partial charge >= 0.3 is 0 Å². The van der Waals surface area contributed by atoms with E-state index in [9.17, 15) is 4.39 Å². The van der Waals surface area contributed by atoms with Crippen LogP contribution in [0.5, 0.6) is 0 Å². The molecule has 1 saturated carbocycles. The van der Waals surface area contributed by atoms with Crippen LogP contribution in [0.3, 0.4) is 0 Å². The molecule has 0 aromatic heterocycles. The minimum atomic E-state index is -0.194. The monoisotopic (exact) mass is 271 g/mol.